The number of thioether (sulfide) groups is 1. The average Bonchev–Trinajstić information content (AvgIpc) is 2.82. The highest BCUT2D eigenvalue weighted by atomic mass is 32.2. The molecule has 0 bridgehead atoms. The molecule has 0 saturated heterocycles. The van der Waals surface area contributed by atoms with Gasteiger partial charge in [-0.3, -0.25) is 9.69 Å². The number of carboxylic acids is 1. The first kappa shape index (κ1) is 24.9. The van der Waals surface area contributed by atoms with E-state index < -0.39 is 5.97 Å². The molecular weight excluding hydrogens is 430 g/mol. The van der Waals surface area contributed by atoms with Crippen molar-refractivity contribution in [1.29, 1.82) is 0 Å². The van der Waals surface area contributed by atoms with E-state index in [0.717, 1.165) is 37.4 Å². The molecule has 0 aliphatic carbocycles. The first-order chi connectivity index (χ1) is 16.0. The molecule has 0 spiro atoms. The van der Waals surface area contributed by atoms with Crippen LogP contribution >= 0.6 is 11.8 Å². The summed E-state index contributed by atoms with van der Waals surface area (Å²) in [5.41, 5.74) is 3.43. The summed E-state index contributed by atoms with van der Waals surface area (Å²) in [4.78, 5) is 14.7. The molecule has 0 heterocycles. The van der Waals surface area contributed by atoms with E-state index >= 15 is 0 Å². The van der Waals surface area contributed by atoms with Crippen LogP contribution < -0.4 is 4.74 Å². The van der Waals surface area contributed by atoms with E-state index in [-0.39, 0.29) is 6.42 Å². The van der Waals surface area contributed by atoms with Gasteiger partial charge in [-0.1, -0.05) is 61.5 Å². The van der Waals surface area contributed by atoms with E-state index in [1.54, 1.807) is 11.8 Å². The van der Waals surface area contributed by atoms with E-state index in [1.165, 1.54) is 16.0 Å². The number of nitrogens with zero attached hydrogens (tertiary/aromatic N) is 1. The summed E-state index contributed by atoms with van der Waals surface area (Å²) in [6, 6.07) is 26.8. The normalized spacial score (nSPS) is 12.0. The molecular formula is C28H33NO3S. The van der Waals surface area contributed by atoms with Gasteiger partial charge in [0.2, 0.25) is 0 Å². The second-order valence-corrected chi connectivity index (χ2v) is 9.19. The molecule has 0 aromatic heterocycles. The van der Waals surface area contributed by atoms with Crippen molar-refractivity contribution in [3.05, 3.63) is 95.6 Å². The van der Waals surface area contributed by atoms with Gasteiger partial charge in [-0.25, -0.2) is 0 Å². The Bertz CT molecular complexity index is 992. The Labute approximate surface area is 201 Å². The monoisotopic (exact) mass is 463 g/mol. The fraction of sp³-hybridized carbons (Fsp3) is 0.321. The van der Waals surface area contributed by atoms with Crippen LogP contribution in [-0.4, -0.2) is 41.9 Å². The summed E-state index contributed by atoms with van der Waals surface area (Å²) < 4.78 is 5.93. The molecule has 1 atom stereocenters. The third-order valence-electron chi connectivity index (χ3n) is 5.61. The second kappa shape index (κ2) is 13.1. The van der Waals surface area contributed by atoms with Crippen LogP contribution in [0, 0.1) is 0 Å². The first-order valence-corrected chi connectivity index (χ1v) is 12.6. The number of rotatable bonds is 13. The Balaban J connectivity index is 1.58. The van der Waals surface area contributed by atoms with Crippen molar-refractivity contribution in [2.24, 2.45) is 0 Å². The number of carbonyl (C=O) groups is 1. The van der Waals surface area contributed by atoms with Gasteiger partial charge < -0.3 is 9.84 Å². The van der Waals surface area contributed by atoms with E-state index in [4.69, 9.17) is 9.84 Å². The van der Waals surface area contributed by atoms with Gasteiger partial charge in [0.05, 0.1) is 13.0 Å². The van der Waals surface area contributed by atoms with Crippen LogP contribution in [0.15, 0.2) is 83.8 Å². The van der Waals surface area contributed by atoms with Gasteiger partial charge in [0.1, 0.15) is 5.75 Å². The summed E-state index contributed by atoms with van der Waals surface area (Å²) in [5.74, 6) is 0.330. The van der Waals surface area contributed by atoms with Crippen LogP contribution in [0.3, 0.4) is 0 Å². The highest BCUT2D eigenvalue weighted by Crippen LogP contribution is 2.20. The molecule has 3 rings (SSSR count). The van der Waals surface area contributed by atoms with Crippen LogP contribution in [0.2, 0.25) is 0 Å². The largest absolute Gasteiger partial charge is 0.494 e. The topological polar surface area (TPSA) is 49.8 Å². The maximum atomic E-state index is 10.9. The molecule has 174 valence electrons. The van der Waals surface area contributed by atoms with E-state index in [1.807, 2.05) is 24.3 Å². The van der Waals surface area contributed by atoms with Gasteiger partial charge in [-0.15, -0.1) is 11.8 Å². The number of hydrogen-bond acceptors (Lipinski definition) is 4. The zero-order chi connectivity index (χ0) is 23.5. The smallest absolute Gasteiger partial charge is 0.307 e. The third-order valence-corrected chi connectivity index (χ3v) is 6.35. The predicted octanol–water partition coefficient (Wildman–Crippen LogP) is 6.11. The quantitative estimate of drug-likeness (QED) is 0.245. The molecule has 1 unspecified atom stereocenters. The van der Waals surface area contributed by atoms with Crippen LogP contribution in [0.1, 0.15) is 36.0 Å². The fourth-order valence-corrected chi connectivity index (χ4v) is 4.30. The minimum atomic E-state index is -0.833. The Morgan fingerprint density at radius 1 is 1.00 bits per heavy atom. The second-order valence-electron chi connectivity index (χ2n) is 8.31. The Morgan fingerprint density at radius 3 is 2.45 bits per heavy atom. The lowest BCUT2D eigenvalue weighted by molar-refractivity contribution is -0.136. The van der Waals surface area contributed by atoms with Crippen molar-refractivity contribution in [1.82, 2.24) is 4.90 Å². The van der Waals surface area contributed by atoms with Crippen molar-refractivity contribution in [3.63, 3.8) is 0 Å². The summed E-state index contributed by atoms with van der Waals surface area (Å²) in [6.45, 7) is 5.68. The highest BCUT2D eigenvalue weighted by molar-refractivity contribution is 7.98. The van der Waals surface area contributed by atoms with Crippen LogP contribution in [0.4, 0.5) is 0 Å². The van der Waals surface area contributed by atoms with Gasteiger partial charge >= 0.3 is 5.97 Å². The predicted molar refractivity (Wildman–Crippen MR) is 136 cm³/mol. The average molecular weight is 464 g/mol. The van der Waals surface area contributed by atoms with Crippen molar-refractivity contribution in [3.8, 4) is 5.75 Å². The maximum Gasteiger partial charge on any atom is 0.307 e. The lowest BCUT2D eigenvalue weighted by Crippen LogP contribution is -2.29. The number of aliphatic carboxylic acids is 1. The maximum absolute atomic E-state index is 10.9. The minimum Gasteiger partial charge on any atom is -0.494 e. The Morgan fingerprint density at radius 2 is 1.76 bits per heavy atom. The lowest BCUT2D eigenvalue weighted by Gasteiger charge is -2.26. The third kappa shape index (κ3) is 8.60. The molecule has 33 heavy (non-hydrogen) atoms. The van der Waals surface area contributed by atoms with Crippen molar-refractivity contribution < 1.29 is 14.6 Å². The van der Waals surface area contributed by atoms with Crippen molar-refractivity contribution in [2.75, 3.05) is 26.0 Å². The summed E-state index contributed by atoms with van der Waals surface area (Å²) in [6.07, 6.45) is 3.01. The van der Waals surface area contributed by atoms with Gasteiger partial charge in [0, 0.05) is 24.5 Å². The summed E-state index contributed by atoms with van der Waals surface area (Å²) >= 11 is 1.76. The zero-order valence-corrected chi connectivity index (χ0v) is 20.3. The minimum absolute atomic E-state index is 0.0116. The molecule has 3 aromatic rings. The van der Waals surface area contributed by atoms with E-state index in [9.17, 15) is 4.79 Å². The summed E-state index contributed by atoms with van der Waals surface area (Å²) in [5, 5.41) is 8.99. The SMILES string of the molecule is CSc1ccc(CN(CCCOc2cccc(CC(=O)O)c2)CC(C)c2ccccc2)cc1. The fourth-order valence-electron chi connectivity index (χ4n) is 3.90. The number of hydrogen-bond donors (Lipinski definition) is 1. The molecule has 0 aliphatic heterocycles. The number of benzene rings is 3. The van der Waals surface area contributed by atoms with Crippen LogP contribution in [0.5, 0.6) is 5.75 Å². The van der Waals surface area contributed by atoms with E-state index in [2.05, 4.69) is 72.7 Å². The van der Waals surface area contributed by atoms with Gasteiger partial charge in [0.15, 0.2) is 0 Å². The molecule has 0 radical (unpaired) electrons. The van der Waals surface area contributed by atoms with E-state index in [0.29, 0.717) is 12.5 Å². The number of carboxylic acid groups (broad SMARTS) is 1. The molecule has 3 aromatic carbocycles. The standard InChI is InChI=1S/C28H33NO3S/c1-22(25-9-4-3-5-10-25)20-29(21-23-12-14-27(33-2)15-13-23)16-7-17-32-26-11-6-8-24(18-26)19-28(30)31/h3-6,8-15,18,22H,7,16-17,19-21H2,1-2H3,(H,30,31). The van der Waals surface area contributed by atoms with Gasteiger partial charge in [-0.2, -0.15) is 0 Å². The lowest BCUT2D eigenvalue weighted by atomic mass is 10.0. The highest BCUT2D eigenvalue weighted by Gasteiger charge is 2.13. The van der Waals surface area contributed by atoms with Crippen LogP contribution in [0.25, 0.3) is 0 Å². The van der Waals surface area contributed by atoms with Gasteiger partial charge in [0.25, 0.3) is 0 Å². The molecule has 0 aliphatic rings. The van der Waals surface area contributed by atoms with Crippen LogP contribution in [-0.2, 0) is 17.8 Å². The Hall–Kier alpha value is -2.76. The Kier molecular flexibility index (Phi) is 9.85. The molecule has 1 N–H and O–H groups in total. The molecule has 4 nitrogen and oxygen atoms in total. The molecule has 0 fully saturated rings. The number of ether oxygens (including phenoxy) is 1. The van der Waals surface area contributed by atoms with Crippen molar-refractivity contribution >= 4 is 17.7 Å². The first-order valence-electron chi connectivity index (χ1n) is 11.4. The van der Waals surface area contributed by atoms with Gasteiger partial charge in [-0.05, 0) is 59.6 Å². The molecule has 0 saturated carbocycles. The molecule has 5 heteroatoms. The zero-order valence-electron chi connectivity index (χ0n) is 19.4. The summed E-state index contributed by atoms with van der Waals surface area (Å²) in [7, 11) is 0. The molecule has 0 amide bonds. The van der Waals surface area contributed by atoms with Crippen molar-refractivity contribution in [2.45, 2.75) is 37.1 Å².